The Morgan fingerprint density at radius 2 is 2.00 bits per heavy atom. The average molecular weight is 248 g/mol. The molecule has 3 nitrogen and oxygen atoms in total. The second kappa shape index (κ2) is 5.49. The highest BCUT2D eigenvalue weighted by atomic mass is 35.5. The molecule has 0 spiro atoms. The highest BCUT2D eigenvalue weighted by Crippen LogP contribution is 2.10. The zero-order valence-electron chi connectivity index (χ0n) is 8.53. The molecule has 0 aromatic heterocycles. The summed E-state index contributed by atoms with van der Waals surface area (Å²) in [6.07, 6.45) is 0. The van der Waals surface area contributed by atoms with Crippen molar-refractivity contribution in [2.75, 3.05) is 6.54 Å². The van der Waals surface area contributed by atoms with Crippen LogP contribution in [0.5, 0.6) is 0 Å². The quantitative estimate of drug-likeness (QED) is 0.808. The number of halogens is 1. The van der Waals surface area contributed by atoms with Crippen LogP contribution in [0.2, 0.25) is 0 Å². The topological polar surface area (TPSA) is 46.2 Å². The fourth-order valence-electron chi connectivity index (χ4n) is 1.29. The molecule has 0 bridgehead atoms. The maximum Gasteiger partial charge on any atom is 0.215 e. The van der Waals surface area contributed by atoms with E-state index in [1.54, 1.807) is 13.0 Å². The van der Waals surface area contributed by atoms with Gasteiger partial charge >= 0.3 is 0 Å². The summed E-state index contributed by atoms with van der Waals surface area (Å²) in [5, 5.41) is 0. The molecule has 0 unspecified atom stereocenters. The first kappa shape index (κ1) is 12.5. The van der Waals surface area contributed by atoms with E-state index < -0.39 is 10.0 Å². The fourth-order valence-corrected chi connectivity index (χ4v) is 2.62. The normalized spacial score (nSPS) is 11.6. The molecule has 1 N–H and O–H groups in total. The predicted octanol–water partition coefficient (Wildman–Crippen LogP) is 1.86. The summed E-state index contributed by atoms with van der Waals surface area (Å²) in [6, 6.07) is 7.28. The molecule has 0 heterocycles. The first-order valence-electron chi connectivity index (χ1n) is 4.68. The third-order valence-corrected chi connectivity index (χ3v) is 3.62. The molecule has 1 aromatic rings. The summed E-state index contributed by atoms with van der Waals surface area (Å²) in [5.74, 6) is 0.403. The van der Waals surface area contributed by atoms with Crippen LogP contribution in [0.3, 0.4) is 0 Å². The number of hydrogen-bond acceptors (Lipinski definition) is 2. The largest absolute Gasteiger partial charge is 0.215 e. The molecule has 0 fully saturated rings. The van der Waals surface area contributed by atoms with Crippen LogP contribution in [0.4, 0.5) is 0 Å². The lowest BCUT2D eigenvalue weighted by Gasteiger charge is -2.05. The monoisotopic (exact) mass is 247 g/mol. The second-order valence-corrected chi connectivity index (χ2v) is 5.28. The summed E-state index contributed by atoms with van der Waals surface area (Å²) >= 11 is 5.67. The maximum atomic E-state index is 11.5. The van der Waals surface area contributed by atoms with E-state index in [4.69, 9.17) is 11.6 Å². The smallest absolute Gasteiger partial charge is 0.215 e. The predicted molar refractivity (Wildman–Crippen MR) is 62.3 cm³/mol. The Bertz CT molecular complexity index is 417. The number of alkyl halides is 1. The van der Waals surface area contributed by atoms with Crippen LogP contribution in [0, 0.1) is 0 Å². The van der Waals surface area contributed by atoms with Gasteiger partial charge in [0.2, 0.25) is 10.0 Å². The molecule has 0 aliphatic carbocycles. The summed E-state index contributed by atoms with van der Waals surface area (Å²) in [7, 11) is -3.20. The Morgan fingerprint density at radius 3 is 2.60 bits per heavy atom. The molecule has 0 saturated carbocycles. The highest BCUT2D eigenvalue weighted by molar-refractivity contribution is 7.88. The van der Waals surface area contributed by atoms with Crippen molar-refractivity contribution in [3.8, 4) is 0 Å². The van der Waals surface area contributed by atoms with Crippen molar-refractivity contribution < 1.29 is 8.42 Å². The maximum absolute atomic E-state index is 11.5. The van der Waals surface area contributed by atoms with Crippen LogP contribution in [0.1, 0.15) is 18.1 Å². The first-order valence-corrected chi connectivity index (χ1v) is 6.87. The van der Waals surface area contributed by atoms with E-state index in [9.17, 15) is 8.42 Å². The van der Waals surface area contributed by atoms with Crippen LogP contribution in [0.15, 0.2) is 24.3 Å². The molecule has 0 radical (unpaired) electrons. The molecule has 0 aliphatic rings. The van der Waals surface area contributed by atoms with E-state index in [1.807, 2.05) is 18.2 Å². The van der Waals surface area contributed by atoms with E-state index in [0.717, 1.165) is 11.1 Å². The Kier molecular flexibility index (Phi) is 4.57. The van der Waals surface area contributed by atoms with Gasteiger partial charge in [-0.1, -0.05) is 31.2 Å². The van der Waals surface area contributed by atoms with Gasteiger partial charge in [-0.05, 0) is 11.1 Å². The third kappa shape index (κ3) is 4.20. The molecule has 1 aromatic carbocycles. The van der Waals surface area contributed by atoms with Gasteiger partial charge < -0.3 is 0 Å². The molecule has 84 valence electrons. The van der Waals surface area contributed by atoms with Crippen molar-refractivity contribution in [1.82, 2.24) is 4.72 Å². The number of sulfonamides is 1. The lowest BCUT2D eigenvalue weighted by Crippen LogP contribution is -2.24. The zero-order chi connectivity index (χ0) is 11.3. The Hall–Kier alpha value is -0.580. The SMILES string of the molecule is CCNS(=O)(=O)Cc1cccc(CCl)c1. The van der Waals surface area contributed by atoms with Crippen molar-refractivity contribution in [3.63, 3.8) is 0 Å². The lowest BCUT2D eigenvalue weighted by molar-refractivity contribution is 0.583. The Labute approximate surface area is 95.5 Å². The van der Waals surface area contributed by atoms with E-state index >= 15 is 0 Å². The molecule has 0 aliphatic heterocycles. The molecular weight excluding hydrogens is 234 g/mol. The standard InChI is InChI=1S/C10H14ClNO2S/c1-2-12-15(13,14)8-10-5-3-4-9(6-10)7-11/h3-6,12H,2,7-8H2,1H3. The van der Waals surface area contributed by atoms with Gasteiger partial charge in [-0.25, -0.2) is 13.1 Å². The van der Waals surface area contributed by atoms with Crippen molar-refractivity contribution in [2.24, 2.45) is 0 Å². The van der Waals surface area contributed by atoms with Gasteiger partial charge in [-0.2, -0.15) is 0 Å². The van der Waals surface area contributed by atoms with Crippen LogP contribution < -0.4 is 4.72 Å². The number of nitrogens with one attached hydrogen (secondary N) is 1. The number of rotatable bonds is 5. The minimum Gasteiger partial charge on any atom is -0.215 e. The molecule has 0 saturated heterocycles. The summed E-state index contributed by atoms with van der Waals surface area (Å²) in [6.45, 7) is 2.17. The van der Waals surface area contributed by atoms with E-state index in [0.29, 0.717) is 12.4 Å². The fraction of sp³-hybridized carbons (Fsp3) is 0.400. The number of hydrogen-bond donors (Lipinski definition) is 1. The highest BCUT2D eigenvalue weighted by Gasteiger charge is 2.09. The van der Waals surface area contributed by atoms with Crippen LogP contribution in [-0.2, 0) is 21.7 Å². The lowest BCUT2D eigenvalue weighted by atomic mass is 10.2. The second-order valence-electron chi connectivity index (χ2n) is 3.21. The van der Waals surface area contributed by atoms with Gasteiger partial charge in [0.25, 0.3) is 0 Å². The minimum absolute atomic E-state index is 0.00552. The summed E-state index contributed by atoms with van der Waals surface area (Å²) < 4.78 is 25.4. The number of benzene rings is 1. The van der Waals surface area contributed by atoms with Gasteiger partial charge in [-0.3, -0.25) is 0 Å². The Balaban J connectivity index is 2.80. The van der Waals surface area contributed by atoms with E-state index in [-0.39, 0.29) is 5.75 Å². The van der Waals surface area contributed by atoms with E-state index in [2.05, 4.69) is 4.72 Å². The van der Waals surface area contributed by atoms with Crippen LogP contribution in [0.25, 0.3) is 0 Å². The van der Waals surface area contributed by atoms with Crippen molar-refractivity contribution >= 4 is 21.6 Å². The van der Waals surface area contributed by atoms with Crippen molar-refractivity contribution in [2.45, 2.75) is 18.6 Å². The molecular formula is C10H14ClNO2S. The van der Waals surface area contributed by atoms with Gasteiger partial charge in [0.1, 0.15) is 0 Å². The van der Waals surface area contributed by atoms with Crippen molar-refractivity contribution in [1.29, 1.82) is 0 Å². The molecule has 1 rings (SSSR count). The Morgan fingerprint density at radius 1 is 1.33 bits per heavy atom. The molecule has 15 heavy (non-hydrogen) atoms. The van der Waals surface area contributed by atoms with Crippen molar-refractivity contribution in [3.05, 3.63) is 35.4 Å². The zero-order valence-corrected chi connectivity index (χ0v) is 10.1. The molecule has 0 amide bonds. The van der Waals surface area contributed by atoms with Gasteiger partial charge in [-0.15, -0.1) is 11.6 Å². The van der Waals surface area contributed by atoms with Gasteiger partial charge in [0.15, 0.2) is 0 Å². The molecule has 5 heteroatoms. The van der Waals surface area contributed by atoms with Crippen LogP contribution >= 0.6 is 11.6 Å². The molecule has 0 atom stereocenters. The average Bonchev–Trinajstić information content (AvgIpc) is 2.17. The van der Waals surface area contributed by atoms with Crippen LogP contribution in [-0.4, -0.2) is 15.0 Å². The minimum atomic E-state index is -3.20. The van der Waals surface area contributed by atoms with E-state index in [1.165, 1.54) is 0 Å². The summed E-state index contributed by atoms with van der Waals surface area (Å²) in [4.78, 5) is 0. The third-order valence-electron chi connectivity index (χ3n) is 1.87. The first-order chi connectivity index (χ1) is 7.07. The van der Waals surface area contributed by atoms with Gasteiger partial charge in [0.05, 0.1) is 5.75 Å². The van der Waals surface area contributed by atoms with Gasteiger partial charge in [0, 0.05) is 12.4 Å². The summed E-state index contributed by atoms with van der Waals surface area (Å²) in [5.41, 5.74) is 1.69.